The molecule has 6 aliphatic heterocycles. The predicted molar refractivity (Wildman–Crippen MR) is 360 cm³/mol. The number of fused-ring (bicyclic) bond motifs is 3. The summed E-state index contributed by atoms with van der Waals surface area (Å²) in [4.78, 5) is 127. The smallest absolute Gasteiger partial charge is 0.255 e. The zero-order valence-electron chi connectivity index (χ0n) is 56.3. The molecular weight excluding hydrogens is 1210 g/mol. The van der Waals surface area contributed by atoms with Gasteiger partial charge >= 0.3 is 0 Å². The molecule has 9 aliphatic rings. The highest BCUT2D eigenvalue weighted by molar-refractivity contribution is 5.96. The fourth-order valence-corrected chi connectivity index (χ4v) is 15.0. The summed E-state index contributed by atoms with van der Waals surface area (Å²) in [5.41, 5.74) is 7.23. The number of nitrogens with zero attached hydrogens (tertiary/aromatic N) is 15. The lowest BCUT2D eigenvalue weighted by atomic mass is 9.84. The molecule has 0 spiro atoms. The van der Waals surface area contributed by atoms with Crippen LogP contribution in [-0.2, 0) is 50.3 Å². The summed E-state index contributed by atoms with van der Waals surface area (Å²) in [6.07, 6.45) is 37.6. The van der Waals surface area contributed by atoms with Gasteiger partial charge in [0.15, 0.2) is 0 Å². The topological polar surface area (TPSA) is 274 Å². The van der Waals surface area contributed by atoms with Crippen LogP contribution in [0.1, 0.15) is 182 Å². The van der Waals surface area contributed by atoms with Gasteiger partial charge < -0.3 is 45.3 Å². The van der Waals surface area contributed by atoms with Crippen LogP contribution in [0.5, 0.6) is 0 Å². The number of pyridine rings is 3. The minimum Gasteiger partial charge on any atom is -0.360 e. The minimum absolute atomic E-state index is 0.00270. The summed E-state index contributed by atoms with van der Waals surface area (Å²) in [5.74, 6) is 3.71. The van der Waals surface area contributed by atoms with Crippen molar-refractivity contribution in [3.8, 4) is 0 Å². The number of amides is 6. The van der Waals surface area contributed by atoms with Crippen LogP contribution in [0.2, 0.25) is 0 Å². The molecule has 6 amide bonds. The quantitative estimate of drug-likeness (QED) is 0.105. The number of aryl methyl sites for hydroxylation is 3. The van der Waals surface area contributed by atoms with E-state index in [1.165, 1.54) is 19.0 Å². The average molecular weight is 1300 g/mol. The van der Waals surface area contributed by atoms with Crippen molar-refractivity contribution in [2.24, 2.45) is 17.8 Å². The summed E-state index contributed by atoms with van der Waals surface area (Å²) in [5, 5.41) is 10.6. The molecule has 504 valence electrons. The van der Waals surface area contributed by atoms with Gasteiger partial charge in [-0.3, -0.25) is 28.8 Å². The molecule has 3 saturated carbocycles. The SMILES string of the molecule is CN(C(=O)C1CCC1)[C@H]1CCN(C(=O)c2cnc3c(c2)CCC(C)(c2cncnc2)N3)C1.CN(C(=O)C1CCC1)[C@H]1CCN(C(=O)c2cnc3c(c2)CC[C@@](C)(c2cncnc2)N3)C1.CN(C(=O)C1CCC1)[C@H]1CCN(C(=O)c2cnc3c(c2)CC[C@](C)(c2cncnc2)N3)C1. The predicted octanol–water partition coefficient (Wildman–Crippen LogP) is 7.85. The summed E-state index contributed by atoms with van der Waals surface area (Å²) >= 11 is 0. The molecule has 6 fully saturated rings. The summed E-state index contributed by atoms with van der Waals surface area (Å²) in [6, 6.07) is 6.22. The molecule has 1 unspecified atom stereocenters. The zero-order chi connectivity index (χ0) is 66.9. The highest BCUT2D eigenvalue weighted by Gasteiger charge is 2.42. The molecule has 3 N–H and O–H groups in total. The lowest BCUT2D eigenvalue weighted by Crippen LogP contribution is -2.44. The second kappa shape index (κ2) is 27.6. The van der Waals surface area contributed by atoms with E-state index in [1.54, 1.807) is 18.6 Å². The molecule has 6 aromatic rings. The van der Waals surface area contributed by atoms with Gasteiger partial charge in [-0.2, -0.15) is 0 Å². The fourth-order valence-electron chi connectivity index (χ4n) is 15.0. The van der Waals surface area contributed by atoms with E-state index >= 15 is 0 Å². The number of likely N-dealkylation sites (tertiary alicyclic amines) is 3. The lowest BCUT2D eigenvalue weighted by Gasteiger charge is -2.36. The van der Waals surface area contributed by atoms with E-state index in [4.69, 9.17) is 0 Å². The van der Waals surface area contributed by atoms with Crippen molar-refractivity contribution in [1.29, 1.82) is 0 Å². The second-order valence-electron chi connectivity index (χ2n) is 28.8. The Morgan fingerprint density at radius 3 is 0.896 bits per heavy atom. The van der Waals surface area contributed by atoms with Gasteiger partial charge in [-0.1, -0.05) is 19.3 Å². The van der Waals surface area contributed by atoms with Gasteiger partial charge in [-0.15, -0.1) is 0 Å². The highest BCUT2D eigenvalue weighted by Crippen LogP contribution is 2.41. The molecule has 0 bridgehead atoms. The van der Waals surface area contributed by atoms with Gasteiger partial charge in [0.05, 0.1) is 51.4 Å². The number of likely N-dealkylation sites (N-methyl/N-ethyl adjacent to an activating group) is 3. The van der Waals surface area contributed by atoms with Crippen molar-refractivity contribution in [2.75, 3.05) is 76.4 Å². The van der Waals surface area contributed by atoms with Crippen LogP contribution in [0.4, 0.5) is 17.5 Å². The average Bonchev–Trinajstić information content (AvgIpc) is 0.995. The molecule has 24 nitrogen and oxygen atoms in total. The summed E-state index contributed by atoms with van der Waals surface area (Å²) in [7, 11) is 5.67. The minimum atomic E-state index is -0.285. The van der Waals surface area contributed by atoms with E-state index in [-0.39, 0.29) is 87.9 Å². The first kappa shape index (κ1) is 65.6. The number of rotatable bonds is 12. The highest BCUT2D eigenvalue weighted by atomic mass is 16.2. The normalized spacial score (nSPS) is 24.9. The molecule has 3 saturated heterocycles. The zero-order valence-corrected chi connectivity index (χ0v) is 56.3. The van der Waals surface area contributed by atoms with Crippen LogP contribution >= 0.6 is 0 Å². The molecule has 96 heavy (non-hydrogen) atoms. The van der Waals surface area contributed by atoms with Crippen molar-refractivity contribution >= 4 is 52.9 Å². The maximum Gasteiger partial charge on any atom is 0.255 e. The van der Waals surface area contributed by atoms with Crippen LogP contribution in [0.3, 0.4) is 0 Å². The molecule has 3 aliphatic carbocycles. The van der Waals surface area contributed by atoms with Gasteiger partial charge in [0, 0.05) is 151 Å². The Balaban J connectivity index is 0.000000130. The third kappa shape index (κ3) is 13.6. The van der Waals surface area contributed by atoms with Crippen molar-refractivity contribution < 1.29 is 28.8 Å². The molecule has 24 heteroatoms. The Kier molecular flexibility index (Phi) is 18.8. The van der Waals surface area contributed by atoms with Crippen LogP contribution < -0.4 is 16.0 Å². The van der Waals surface area contributed by atoms with Crippen molar-refractivity contribution in [3.05, 3.63) is 143 Å². The molecule has 15 rings (SSSR count). The summed E-state index contributed by atoms with van der Waals surface area (Å²) in [6.45, 7) is 10.2. The fraction of sp³-hybridized carbons (Fsp3) is 0.542. The first-order valence-corrected chi connectivity index (χ1v) is 34.6. The van der Waals surface area contributed by atoms with Gasteiger partial charge in [-0.05, 0) is 152 Å². The standard InChI is InChI=1S/3C24H30N6O2/c3*1-24(19-12-25-15-26-13-19)8-6-17-10-18(11-27-21(17)28-24)23(32)30-9-7-20(14-30)29(2)22(31)16-4-3-5-16/h3*10-13,15-16,20H,3-9,14H2,1-2H3,(H,27,28)/t20-,24?;20-,24+;20-,24-/m000/s1. The van der Waals surface area contributed by atoms with Gasteiger partial charge in [0.2, 0.25) is 17.7 Å². The number of carbonyl (C=O) groups excluding carboxylic acids is 6. The first-order valence-electron chi connectivity index (χ1n) is 34.6. The van der Waals surface area contributed by atoms with E-state index in [0.717, 1.165) is 166 Å². The Morgan fingerprint density at radius 1 is 0.396 bits per heavy atom. The van der Waals surface area contributed by atoms with Crippen molar-refractivity contribution in [3.63, 3.8) is 0 Å². The molecular formula is C72H90N18O6. The van der Waals surface area contributed by atoms with Crippen LogP contribution in [0.15, 0.2) is 93.0 Å². The molecule has 6 aromatic heterocycles. The van der Waals surface area contributed by atoms with Crippen molar-refractivity contribution in [1.82, 2.24) is 74.3 Å². The maximum atomic E-state index is 13.2. The molecule has 12 heterocycles. The summed E-state index contributed by atoms with van der Waals surface area (Å²) < 4.78 is 0. The Bertz CT molecular complexity index is 3470. The molecule has 6 atom stereocenters. The van der Waals surface area contributed by atoms with E-state index < -0.39 is 0 Å². The van der Waals surface area contributed by atoms with Gasteiger partial charge in [0.25, 0.3) is 17.7 Å². The number of hydrogen-bond donors (Lipinski definition) is 3. The van der Waals surface area contributed by atoms with Crippen molar-refractivity contribution in [2.45, 2.75) is 171 Å². The number of aromatic nitrogens is 9. The lowest BCUT2D eigenvalue weighted by molar-refractivity contribution is -0.139. The second-order valence-corrected chi connectivity index (χ2v) is 28.8. The third-order valence-electron chi connectivity index (χ3n) is 22.5. The Morgan fingerprint density at radius 2 is 0.656 bits per heavy atom. The van der Waals surface area contributed by atoms with E-state index in [0.29, 0.717) is 56.0 Å². The number of hydrogen-bond acceptors (Lipinski definition) is 18. The Labute approximate surface area is 561 Å². The number of nitrogens with one attached hydrogen (secondary N) is 3. The Hall–Kier alpha value is -9.09. The first-order chi connectivity index (χ1) is 46.3. The van der Waals surface area contributed by atoms with Gasteiger partial charge in [0.1, 0.15) is 36.4 Å². The van der Waals surface area contributed by atoms with E-state index in [2.05, 4.69) is 81.6 Å². The van der Waals surface area contributed by atoms with Gasteiger partial charge in [-0.25, -0.2) is 44.9 Å². The third-order valence-corrected chi connectivity index (χ3v) is 22.5. The largest absolute Gasteiger partial charge is 0.360 e. The molecule has 0 radical (unpaired) electrons. The number of anilines is 3. The maximum absolute atomic E-state index is 13.2. The van der Waals surface area contributed by atoms with E-state index in [9.17, 15) is 28.8 Å². The molecule has 0 aromatic carbocycles. The van der Waals surface area contributed by atoms with Crippen LogP contribution in [0, 0.1) is 17.8 Å². The monoisotopic (exact) mass is 1300 g/mol. The van der Waals surface area contributed by atoms with E-state index in [1.807, 2.05) is 106 Å². The number of carbonyl (C=O) groups is 6. The van der Waals surface area contributed by atoms with Crippen LogP contribution in [0.25, 0.3) is 0 Å². The van der Waals surface area contributed by atoms with Crippen LogP contribution in [-0.4, -0.2) is 188 Å².